The Labute approximate surface area is 127 Å². The third kappa shape index (κ3) is 5.63. The van der Waals surface area contributed by atoms with E-state index in [2.05, 4.69) is 24.1 Å². The first-order valence-corrected chi connectivity index (χ1v) is 7.22. The molecule has 0 saturated heterocycles. The van der Waals surface area contributed by atoms with E-state index in [0.717, 1.165) is 13.0 Å². The number of nitrogens with two attached hydrogens (primary N) is 1. The van der Waals surface area contributed by atoms with Crippen LogP contribution in [0.3, 0.4) is 0 Å². The molecule has 0 aliphatic rings. The maximum atomic E-state index is 12.4. The van der Waals surface area contributed by atoms with Crippen molar-refractivity contribution in [2.45, 2.75) is 26.3 Å². The Morgan fingerprint density at radius 3 is 2.52 bits per heavy atom. The molecule has 0 heterocycles. The number of benzene rings is 1. The molecule has 0 spiro atoms. The SMILES string of the molecule is COc1ccc(C(=O)NC(CC(C)C)CN(C)C)c(N)c1. The van der Waals surface area contributed by atoms with Crippen molar-refractivity contribution in [3.8, 4) is 5.75 Å². The maximum absolute atomic E-state index is 12.4. The zero-order valence-electron chi connectivity index (χ0n) is 13.6. The van der Waals surface area contributed by atoms with Crippen LogP contribution < -0.4 is 15.8 Å². The second kappa shape index (κ2) is 7.88. The van der Waals surface area contributed by atoms with Crippen molar-refractivity contribution in [1.29, 1.82) is 0 Å². The number of hydrogen-bond acceptors (Lipinski definition) is 4. The van der Waals surface area contributed by atoms with Crippen LogP contribution in [-0.4, -0.2) is 44.6 Å². The minimum absolute atomic E-state index is 0.106. The molecule has 21 heavy (non-hydrogen) atoms. The monoisotopic (exact) mass is 293 g/mol. The first kappa shape index (κ1) is 17.3. The molecule has 5 heteroatoms. The van der Waals surface area contributed by atoms with Gasteiger partial charge < -0.3 is 20.7 Å². The molecule has 1 atom stereocenters. The highest BCUT2D eigenvalue weighted by atomic mass is 16.5. The largest absolute Gasteiger partial charge is 0.497 e. The van der Waals surface area contributed by atoms with E-state index in [1.54, 1.807) is 25.3 Å². The lowest BCUT2D eigenvalue weighted by Gasteiger charge is -2.24. The summed E-state index contributed by atoms with van der Waals surface area (Å²) in [5, 5.41) is 3.07. The van der Waals surface area contributed by atoms with Gasteiger partial charge in [0.1, 0.15) is 5.75 Å². The van der Waals surface area contributed by atoms with Gasteiger partial charge in [-0.3, -0.25) is 4.79 Å². The van der Waals surface area contributed by atoms with Crippen LogP contribution in [0, 0.1) is 5.92 Å². The Morgan fingerprint density at radius 2 is 2.05 bits per heavy atom. The van der Waals surface area contributed by atoms with E-state index in [1.165, 1.54) is 0 Å². The van der Waals surface area contributed by atoms with Gasteiger partial charge in [0.25, 0.3) is 5.91 Å². The van der Waals surface area contributed by atoms with Gasteiger partial charge in [0.05, 0.1) is 12.7 Å². The number of hydrogen-bond donors (Lipinski definition) is 2. The molecule has 1 aromatic rings. The minimum Gasteiger partial charge on any atom is -0.497 e. The summed E-state index contributed by atoms with van der Waals surface area (Å²) in [6.07, 6.45) is 0.931. The number of methoxy groups -OCH3 is 1. The Kier molecular flexibility index (Phi) is 6.49. The average Bonchev–Trinajstić information content (AvgIpc) is 2.36. The molecule has 1 unspecified atom stereocenters. The summed E-state index contributed by atoms with van der Waals surface area (Å²) in [7, 11) is 5.58. The highest BCUT2D eigenvalue weighted by Gasteiger charge is 2.17. The maximum Gasteiger partial charge on any atom is 0.253 e. The van der Waals surface area contributed by atoms with Crippen LogP contribution in [0.1, 0.15) is 30.6 Å². The molecular formula is C16H27N3O2. The highest BCUT2D eigenvalue weighted by molar-refractivity contribution is 5.99. The molecule has 0 aliphatic carbocycles. The Balaban J connectivity index is 2.81. The zero-order chi connectivity index (χ0) is 16.0. The number of amides is 1. The number of likely N-dealkylation sites (N-methyl/N-ethyl adjacent to an activating group) is 1. The van der Waals surface area contributed by atoms with Gasteiger partial charge in [0.2, 0.25) is 0 Å². The lowest BCUT2D eigenvalue weighted by Crippen LogP contribution is -2.42. The van der Waals surface area contributed by atoms with E-state index in [9.17, 15) is 4.79 Å². The van der Waals surface area contributed by atoms with Crippen LogP contribution in [0.15, 0.2) is 18.2 Å². The summed E-state index contributed by atoms with van der Waals surface area (Å²) in [6.45, 7) is 5.10. The fourth-order valence-corrected chi connectivity index (χ4v) is 2.33. The molecule has 0 radical (unpaired) electrons. The molecule has 118 valence electrons. The summed E-state index contributed by atoms with van der Waals surface area (Å²) in [5.41, 5.74) is 6.84. The third-order valence-corrected chi connectivity index (χ3v) is 3.18. The van der Waals surface area contributed by atoms with Gasteiger partial charge in [-0.1, -0.05) is 13.8 Å². The Morgan fingerprint density at radius 1 is 1.38 bits per heavy atom. The van der Waals surface area contributed by atoms with Crippen LogP contribution in [-0.2, 0) is 0 Å². The van der Waals surface area contributed by atoms with E-state index >= 15 is 0 Å². The third-order valence-electron chi connectivity index (χ3n) is 3.18. The van der Waals surface area contributed by atoms with E-state index in [4.69, 9.17) is 10.5 Å². The highest BCUT2D eigenvalue weighted by Crippen LogP contribution is 2.20. The van der Waals surface area contributed by atoms with Crippen molar-refractivity contribution in [1.82, 2.24) is 10.2 Å². The van der Waals surface area contributed by atoms with E-state index in [1.807, 2.05) is 14.1 Å². The summed E-state index contributed by atoms with van der Waals surface area (Å²) < 4.78 is 5.10. The number of rotatable bonds is 7. The lowest BCUT2D eigenvalue weighted by atomic mass is 10.0. The van der Waals surface area contributed by atoms with E-state index < -0.39 is 0 Å². The normalized spacial score (nSPS) is 12.5. The number of ether oxygens (including phenoxy) is 1. The van der Waals surface area contributed by atoms with Gasteiger partial charge in [0.15, 0.2) is 0 Å². The van der Waals surface area contributed by atoms with Crippen LogP contribution >= 0.6 is 0 Å². The molecule has 0 bridgehead atoms. The van der Waals surface area contributed by atoms with Crippen molar-refractivity contribution >= 4 is 11.6 Å². The Bertz CT molecular complexity index is 463. The van der Waals surface area contributed by atoms with Gasteiger partial charge in [-0.25, -0.2) is 0 Å². The summed E-state index contributed by atoms with van der Waals surface area (Å²) in [5.74, 6) is 1.03. The first-order valence-electron chi connectivity index (χ1n) is 7.22. The zero-order valence-corrected chi connectivity index (χ0v) is 13.6. The summed E-state index contributed by atoms with van der Waals surface area (Å²) in [6, 6.07) is 5.22. The summed E-state index contributed by atoms with van der Waals surface area (Å²) in [4.78, 5) is 14.5. The number of nitrogens with zero attached hydrogens (tertiary/aromatic N) is 1. The van der Waals surface area contributed by atoms with Gasteiger partial charge in [-0.05, 0) is 38.6 Å². The van der Waals surface area contributed by atoms with Crippen LogP contribution in [0.25, 0.3) is 0 Å². The average molecular weight is 293 g/mol. The Hall–Kier alpha value is -1.75. The van der Waals surface area contributed by atoms with E-state index in [0.29, 0.717) is 22.9 Å². The van der Waals surface area contributed by atoms with Crippen molar-refractivity contribution in [2.75, 3.05) is 33.5 Å². The van der Waals surface area contributed by atoms with Gasteiger partial charge in [-0.15, -0.1) is 0 Å². The standard InChI is InChI=1S/C16H27N3O2/c1-11(2)8-12(10-19(3)4)18-16(20)14-7-6-13(21-5)9-15(14)17/h6-7,9,11-12H,8,10,17H2,1-5H3,(H,18,20). The van der Waals surface area contributed by atoms with Crippen LogP contribution in [0.4, 0.5) is 5.69 Å². The number of carbonyl (C=O) groups is 1. The molecule has 3 N–H and O–H groups in total. The molecule has 1 aromatic carbocycles. The second-order valence-corrected chi connectivity index (χ2v) is 6.02. The fraction of sp³-hybridized carbons (Fsp3) is 0.562. The quantitative estimate of drug-likeness (QED) is 0.754. The molecular weight excluding hydrogens is 266 g/mol. The predicted octanol–water partition coefficient (Wildman–Crippen LogP) is 1.98. The van der Waals surface area contributed by atoms with Crippen molar-refractivity contribution in [3.63, 3.8) is 0 Å². The molecule has 0 fully saturated rings. The van der Waals surface area contributed by atoms with Crippen molar-refractivity contribution in [2.24, 2.45) is 5.92 Å². The van der Waals surface area contributed by atoms with Crippen LogP contribution in [0.5, 0.6) is 5.75 Å². The second-order valence-electron chi connectivity index (χ2n) is 6.02. The number of anilines is 1. The number of carbonyl (C=O) groups excluding carboxylic acids is 1. The minimum atomic E-state index is -0.136. The fourth-order valence-electron chi connectivity index (χ4n) is 2.33. The first-order chi connectivity index (χ1) is 9.83. The lowest BCUT2D eigenvalue weighted by molar-refractivity contribution is 0.0925. The van der Waals surface area contributed by atoms with Gasteiger partial charge in [-0.2, -0.15) is 0 Å². The van der Waals surface area contributed by atoms with E-state index in [-0.39, 0.29) is 11.9 Å². The van der Waals surface area contributed by atoms with Gasteiger partial charge in [0, 0.05) is 24.3 Å². The van der Waals surface area contributed by atoms with Crippen LogP contribution in [0.2, 0.25) is 0 Å². The molecule has 0 aliphatic heterocycles. The molecule has 1 amide bonds. The number of nitrogens with one attached hydrogen (secondary N) is 1. The van der Waals surface area contributed by atoms with Crippen molar-refractivity contribution < 1.29 is 9.53 Å². The summed E-state index contributed by atoms with van der Waals surface area (Å²) >= 11 is 0. The molecule has 0 aromatic heterocycles. The molecule has 1 rings (SSSR count). The number of nitrogen functional groups attached to an aromatic ring is 1. The predicted molar refractivity (Wildman–Crippen MR) is 86.7 cm³/mol. The molecule has 0 saturated carbocycles. The smallest absolute Gasteiger partial charge is 0.253 e. The van der Waals surface area contributed by atoms with Crippen molar-refractivity contribution in [3.05, 3.63) is 23.8 Å². The van der Waals surface area contributed by atoms with Gasteiger partial charge >= 0.3 is 0 Å². The topological polar surface area (TPSA) is 67.6 Å². The molecule has 5 nitrogen and oxygen atoms in total.